The standard InChI is InChI=1S/C14H21N3O2S2/c1-3-12(18)15-10(6-7-20-2)13(19)17-14-16-11(8-21-14)9-4-5-9/h8-10H,3-7H2,1-2H3,(H,15,18)(H,16,17,19). The average Bonchev–Trinajstić information content (AvgIpc) is 3.23. The number of hydrogen-bond acceptors (Lipinski definition) is 5. The molecule has 0 aliphatic heterocycles. The van der Waals surface area contributed by atoms with Crippen molar-refractivity contribution in [3.8, 4) is 0 Å². The van der Waals surface area contributed by atoms with E-state index >= 15 is 0 Å². The first-order valence-electron chi connectivity index (χ1n) is 7.18. The van der Waals surface area contributed by atoms with Crippen LogP contribution in [-0.4, -0.2) is 34.8 Å². The van der Waals surface area contributed by atoms with Crippen LogP contribution in [0.1, 0.15) is 44.2 Å². The Labute approximate surface area is 133 Å². The SMILES string of the molecule is CCC(=O)NC(CCSC)C(=O)Nc1nc(C2CC2)cs1. The van der Waals surface area contributed by atoms with Crippen LogP contribution in [0, 0.1) is 0 Å². The molecule has 0 spiro atoms. The summed E-state index contributed by atoms with van der Waals surface area (Å²) in [6.07, 6.45) is 5.38. The maximum absolute atomic E-state index is 12.3. The average molecular weight is 327 g/mol. The Hall–Kier alpha value is -1.08. The van der Waals surface area contributed by atoms with Crippen LogP contribution >= 0.6 is 23.1 Å². The second-order valence-corrected chi connectivity index (χ2v) is 6.94. The lowest BCUT2D eigenvalue weighted by Gasteiger charge is -2.16. The van der Waals surface area contributed by atoms with E-state index in [0.29, 0.717) is 23.9 Å². The van der Waals surface area contributed by atoms with E-state index in [-0.39, 0.29) is 11.8 Å². The minimum absolute atomic E-state index is 0.103. The van der Waals surface area contributed by atoms with Crippen LogP contribution in [0.15, 0.2) is 5.38 Å². The lowest BCUT2D eigenvalue weighted by molar-refractivity contribution is -0.126. The summed E-state index contributed by atoms with van der Waals surface area (Å²) in [5.74, 6) is 1.13. The van der Waals surface area contributed by atoms with Crippen LogP contribution < -0.4 is 10.6 Å². The molecule has 1 aliphatic carbocycles. The number of thiazole rings is 1. The van der Waals surface area contributed by atoms with Gasteiger partial charge in [0.25, 0.3) is 0 Å². The fourth-order valence-corrected chi connectivity index (χ4v) is 3.17. The first kappa shape index (κ1) is 16.3. The highest BCUT2D eigenvalue weighted by molar-refractivity contribution is 7.98. The summed E-state index contributed by atoms with van der Waals surface area (Å²) >= 11 is 3.11. The van der Waals surface area contributed by atoms with Gasteiger partial charge >= 0.3 is 0 Å². The van der Waals surface area contributed by atoms with Gasteiger partial charge in [-0.1, -0.05) is 6.92 Å². The molecule has 0 bridgehead atoms. The molecule has 21 heavy (non-hydrogen) atoms. The van der Waals surface area contributed by atoms with Crippen molar-refractivity contribution in [1.29, 1.82) is 0 Å². The number of carbonyl (C=O) groups excluding carboxylic acids is 2. The first-order valence-corrected chi connectivity index (χ1v) is 9.46. The number of aromatic nitrogens is 1. The van der Waals surface area contributed by atoms with Gasteiger partial charge < -0.3 is 10.6 Å². The summed E-state index contributed by atoms with van der Waals surface area (Å²) in [6.45, 7) is 1.78. The Morgan fingerprint density at radius 3 is 2.90 bits per heavy atom. The molecule has 1 saturated carbocycles. The largest absolute Gasteiger partial charge is 0.344 e. The van der Waals surface area contributed by atoms with Gasteiger partial charge in [-0.3, -0.25) is 9.59 Å². The monoisotopic (exact) mass is 327 g/mol. The van der Waals surface area contributed by atoms with Gasteiger partial charge in [0.2, 0.25) is 11.8 Å². The van der Waals surface area contributed by atoms with Crippen molar-refractivity contribution in [3.63, 3.8) is 0 Å². The Balaban J connectivity index is 1.93. The van der Waals surface area contributed by atoms with Crippen LogP contribution in [-0.2, 0) is 9.59 Å². The van der Waals surface area contributed by atoms with Crippen molar-refractivity contribution in [2.75, 3.05) is 17.3 Å². The molecule has 1 atom stereocenters. The topological polar surface area (TPSA) is 71.1 Å². The molecular weight excluding hydrogens is 306 g/mol. The number of nitrogens with zero attached hydrogens (tertiary/aromatic N) is 1. The first-order chi connectivity index (χ1) is 10.1. The number of anilines is 1. The number of amides is 2. The molecule has 0 saturated heterocycles. The molecule has 1 aromatic heterocycles. The number of thioether (sulfide) groups is 1. The number of hydrogen-bond donors (Lipinski definition) is 2. The third-order valence-electron chi connectivity index (χ3n) is 3.33. The summed E-state index contributed by atoms with van der Waals surface area (Å²) in [5.41, 5.74) is 1.08. The summed E-state index contributed by atoms with van der Waals surface area (Å²) in [5, 5.41) is 8.24. The molecule has 1 aromatic rings. The van der Waals surface area contributed by atoms with Crippen molar-refractivity contribution in [2.45, 2.75) is 44.6 Å². The molecule has 2 N–H and O–H groups in total. The molecule has 5 nitrogen and oxygen atoms in total. The molecule has 1 unspecified atom stereocenters. The number of carbonyl (C=O) groups is 2. The van der Waals surface area contributed by atoms with Crippen LogP contribution in [0.4, 0.5) is 5.13 Å². The molecule has 116 valence electrons. The molecule has 7 heteroatoms. The van der Waals surface area contributed by atoms with Gasteiger partial charge in [-0.25, -0.2) is 4.98 Å². The van der Waals surface area contributed by atoms with Gasteiger partial charge in [0.15, 0.2) is 5.13 Å². The predicted molar refractivity (Wildman–Crippen MR) is 87.9 cm³/mol. The van der Waals surface area contributed by atoms with Gasteiger partial charge in [-0.2, -0.15) is 11.8 Å². The molecule has 2 rings (SSSR count). The van der Waals surface area contributed by atoms with E-state index in [0.717, 1.165) is 11.4 Å². The van der Waals surface area contributed by atoms with Crippen LogP contribution in [0.2, 0.25) is 0 Å². The second-order valence-electron chi connectivity index (χ2n) is 5.10. The maximum Gasteiger partial charge on any atom is 0.248 e. The molecule has 1 fully saturated rings. The van der Waals surface area contributed by atoms with Crippen LogP contribution in [0.5, 0.6) is 0 Å². The minimum Gasteiger partial charge on any atom is -0.344 e. The molecule has 1 heterocycles. The Morgan fingerprint density at radius 2 is 2.29 bits per heavy atom. The zero-order valence-corrected chi connectivity index (χ0v) is 14.0. The Kier molecular flexibility index (Phi) is 6.05. The van der Waals surface area contributed by atoms with E-state index in [1.165, 1.54) is 24.2 Å². The lowest BCUT2D eigenvalue weighted by atomic mass is 10.2. The smallest absolute Gasteiger partial charge is 0.248 e. The molecule has 2 amide bonds. The normalized spacial score (nSPS) is 15.5. The summed E-state index contributed by atoms with van der Waals surface area (Å²) < 4.78 is 0. The third-order valence-corrected chi connectivity index (χ3v) is 4.75. The Morgan fingerprint density at radius 1 is 1.52 bits per heavy atom. The van der Waals surface area contributed by atoms with E-state index in [1.54, 1.807) is 18.7 Å². The fraction of sp³-hybridized carbons (Fsp3) is 0.643. The zero-order chi connectivity index (χ0) is 15.2. The maximum atomic E-state index is 12.3. The van der Waals surface area contributed by atoms with Crippen molar-refractivity contribution in [2.24, 2.45) is 0 Å². The molecule has 1 aliphatic rings. The van der Waals surface area contributed by atoms with E-state index in [1.807, 2.05) is 11.6 Å². The minimum atomic E-state index is -0.488. The van der Waals surface area contributed by atoms with Crippen molar-refractivity contribution in [1.82, 2.24) is 10.3 Å². The molecule has 0 radical (unpaired) electrons. The quantitative estimate of drug-likeness (QED) is 0.770. The predicted octanol–water partition coefficient (Wildman–Crippen LogP) is 2.61. The van der Waals surface area contributed by atoms with Crippen LogP contribution in [0.25, 0.3) is 0 Å². The van der Waals surface area contributed by atoms with Gasteiger partial charge in [-0.05, 0) is 31.3 Å². The fourth-order valence-electron chi connectivity index (χ4n) is 1.90. The number of nitrogens with one attached hydrogen (secondary N) is 2. The lowest BCUT2D eigenvalue weighted by Crippen LogP contribution is -2.43. The highest BCUT2D eigenvalue weighted by Crippen LogP contribution is 2.40. The summed E-state index contributed by atoms with van der Waals surface area (Å²) in [7, 11) is 0. The van der Waals surface area contributed by atoms with Crippen LogP contribution in [0.3, 0.4) is 0 Å². The molecular formula is C14H21N3O2S2. The van der Waals surface area contributed by atoms with E-state index in [2.05, 4.69) is 15.6 Å². The van der Waals surface area contributed by atoms with Gasteiger partial charge in [0.1, 0.15) is 6.04 Å². The van der Waals surface area contributed by atoms with Crippen molar-refractivity contribution >= 4 is 40.0 Å². The van der Waals surface area contributed by atoms with E-state index < -0.39 is 6.04 Å². The second kappa shape index (κ2) is 7.79. The highest BCUT2D eigenvalue weighted by Gasteiger charge is 2.27. The molecule has 0 aromatic carbocycles. The third kappa shape index (κ3) is 5.00. The summed E-state index contributed by atoms with van der Waals surface area (Å²) in [6, 6.07) is -0.488. The van der Waals surface area contributed by atoms with E-state index in [4.69, 9.17) is 0 Å². The van der Waals surface area contributed by atoms with Gasteiger partial charge in [0.05, 0.1) is 5.69 Å². The van der Waals surface area contributed by atoms with Gasteiger partial charge in [0, 0.05) is 17.7 Å². The Bertz CT molecular complexity index is 500. The highest BCUT2D eigenvalue weighted by atomic mass is 32.2. The van der Waals surface area contributed by atoms with Gasteiger partial charge in [-0.15, -0.1) is 11.3 Å². The summed E-state index contributed by atoms with van der Waals surface area (Å²) in [4.78, 5) is 28.3. The zero-order valence-electron chi connectivity index (χ0n) is 12.3. The van der Waals surface area contributed by atoms with Crippen molar-refractivity contribution < 1.29 is 9.59 Å². The van der Waals surface area contributed by atoms with Crippen molar-refractivity contribution in [3.05, 3.63) is 11.1 Å². The number of rotatable bonds is 8. The van der Waals surface area contributed by atoms with E-state index in [9.17, 15) is 9.59 Å².